The molecular formula is C46H65FN5NaS. The average molecular weight is 762 g/mol. The third-order valence-electron chi connectivity index (χ3n) is 10.2. The van der Waals surface area contributed by atoms with Crippen molar-refractivity contribution in [3.05, 3.63) is 131 Å². The molecule has 0 spiro atoms. The normalized spacial score (nSPS) is 14.3. The average Bonchev–Trinajstić information content (AvgIpc) is 3.50. The summed E-state index contributed by atoms with van der Waals surface area (Å²) in [4.78, 5) is 2.59. The van der Waals surface area contributed by atoms with Gasteiger partial charge in [0.25, 0.3) is 0 Å². The van der Waals surface area contributed by atoms with E-state index in [1.807, 2.05) is 41.5 Å². The van der Waals surface area contributed by atoms with E-state index in [9.17, 15) is 4.39 Å². The zero-order valence-electron chi connectivity index (χ0n) is 35.0. The number of nitrogens with one attached hydrogen (secondary N) is 2. The van der Waals surface area contributed by atoms with Crippen LogP contribution in [-0.4, -0.2) is 47.2 Å². The number of piperidine rings is 1. The molecule has 3 aromatic carbocycles. The van der Waals surface area contributed by atoms with Crippen LogP contribution in [0.25, 0.3) is 16.8 Å². The van der Waals surface area contributed by atoms with Gasteiger partial charge in [-0.2, -0.15) is 0 Å². The number of rotatable bonds is 15. The third kappa shape index (κ3) is 12.1. The van der Waals surface area contributed by atoms with Crippen LogP contribution >= 0.6 is 12.6 Å². The van der Waals surface area contributed by atoms with Gasteiger partial charge in [-0.05, 0) is 93.3 Å². The van der Waals surface area contributed by atoms with Gasteiger partial charge in [-0.3, -0.25) is 0 Å². The van der Waals surface area contributed by atoms with Crippen molar-refractivity contribution in [3.8, 4) is 11.1 Å². The molecule has 1 saturated heterocycles. The molecule has 0 aliphatic carbocycles. The van der Waals surface area contributed by atoms with E-state index in [0.29, 0.717) is 6.04 Å². The molecule has 0 radical (unpaired) electrons. The molecule has 1 aliphatic heterocycles. The van der Waals surface area contributed by atoms with E-state index in [-0.39, 0.29) is 36.1 Å². The summed E-state index contributed by atoms with van der Waals surface area (Å²) in [5, 5.41) is 14.1. The van der Waals surface area contributed by atoms with Gasteiger partial charge in [0.1, 0.15) is 0 Å². The Morgan fingerprint density at radius 3 is 1.93 bits per heavy atom. The zero-order chi connectivity index (χ0) is 39.2. The van der Waals surface area contributed by atoms with Gasteiger partial charge in [0.15, 0.2) is 5.00 Å². The van der Waals surface area contributed by atoms with Crippen LogP contribution in [0.1, 0.15) is 106 Å². The number of hydrogen-bond acceptors (Lipinski definition) is 5. The largest absolute Gasteiger partial charge is 1.00 e. The third-order valence-corrected chi connectivity index (χ3v) is 10.3. The molecule has 0 saturated carbocycles. The molecule has 288 valence electrons. The molecule has 2 heterocycles. The molecule has 1 unspecified atom stereocenters. The molecule has 8 heteroatoms. The number of alkyl halides is 1. The molecule has 5 rings (SSSR count). The van der Waals surface area contributed by atoms with Crippen molar-refractivity contribution in [2.24, 2.45) is 0 Å². The first kappa shape index (κ1) is 47.3. The minimum absolute atomic E-state index is 0. The number of thiol groups is 1. The first-order valence-corrected chi connectivity index (χ1v) is 20.1. The second-order valence-corrected chi connectivity index (χ2v) is 14.9. The SMILES string of the molecule is C=C(NC1CCN(CCCCC(C(=C)NCC(C)(F)S)(c2ccccc2C)c2ccccc2C)CC1)c1ccccc1-c1c(C)n[n-]c1C.CC.CC.[Na+]. The van der Waals surface area contributed by atoms with Gasteiger partial charge in [0.05, 0.1) is 12.0 Å². The maximum atomic E-state index is 14.6. The Labute approximate surface area is 354 Å². The van der Waals surface area contributed by atoms with E-state index in [4.69, 9.17) is 0 Å². The number of aryl methyl sites for hydroxylation is 4. The second-order valence-electron chi connectivity index (χ2n) is 14.0. The summed E-state index contributed by atoms with van der Waals surface area (Å²) >= 11 is 4.16. The Morgan fingerprint density at radius 2 is 1.41 bits per heavy atom. The number of unbranched alkanes of at least 4 members (excludes halogenated alkanes) is 1. The van der Waals surface area contributed by atoms with E-state index in [1.165, 1.54) is 29.2 Å². The van der Waals surface area contributed by atoms with Gasteiger partial charge < -0.3 is 25.7 Å². The molecule has 0 amide bonds. The van der Waals surface area contributed by atoms with Crippen LogP contribution in [0.5, 0.6) is 0 Å². The summed E-state index contributed by atoms with van der Waals surface area (Å²) in [5.41, 5.74) is 11.3. The summed E-state index contributed by atoms with van der Waals surface area (Å²) < 4.78 is 14.6. The maximum absolute atomic E-state index is 14.6. The van der Waals surface area contributed by atoms with Crippen LogP contribution in [0, 0.1) is 27.7 Å². The van der Waals surface area contributed by atoms with Crippen molar-refractivity contribution in [2.75, 3.05) is 26.2 Å². The number of allylic oxidation sites excluding steroid dienone is 1. The van der Waals surface area contributed by atoms with Crippen molar-refractivity contribution < 1.29 is 33.9 Å². The summed E-state index contributed by atoms with van der Waals surface area (Å²) in [7, 11) is 0. The topological polar surface area (TPSA) is 54.3 Å². The molecule has 1 aliphatic rings. The molecule has 5 nitrogen and oxygen atoms in total. The molecule has 54 heavy (non-hydrogen) atoms. The molecule has 1 fully saturated rings. The number of aromatic nitrogens is 2. The van der Waals surface area contributed by atoms with Crippen LogP contribution in [0.4, 0.5) is 4.39 Å². The first-order valence-electron chi connectivity index (χ1n) is 19.6. The maximum Gasteiger partial charge on any atom is 1.00 e. The fourth-order valence-electron chi connectivity index (χ4n) is 7.63. The Balaban J connectivity index is 0.00000195. The van der Waals surface area contributed by atoms with Crippen LogP contribution in [0.3, 0.4) is 0 Å². The van der Waals surface area contributed by atoms with Gasteiger partial charge >= 0.3 is 29.6 Å². The van der Waals surface area contributed by atoms with Crippen LogP contribution in [-0.2, 0) is 5.41 Å². The quantitative estimate of drug-likeness (QED) is 0.0654. The van der Waals surface area contributed by atoms with Gasteiger partial charge in [0, 0.05) is 41.8 Å². The summed E-state index contributed by atoms with van der Waals surface area (Å²) in [5.74, 6) is 0. The Hall–Kier alpha value is -2.81. The van der Waals surface area contributed by atoms with Crippen molar-refractivity contribution >= 4 is 18.3 Å². The Bertz CT molecular complexity index is 1690. The Kier molecular flexibility index (Phi) is 19.9. The molecular weight excluding hydrogens is 697 g/mol. The van der Waals surface area contributed by atoms with E-state index in [2.05, 4.69) is 138 Å². The number of benzene rings is 3. The predicted octanol–water partition coefficient (Wildman–Crippen LogP) is 7.90. The standard InChI is InChI=1S/C42H53FN5S.2C2H6.Na/c1-29-16-8-12-20-38(29)42(34(6)44-28-41(7,43)49,39-21-13-9-17-30(39)2)24-14-15-25-48-26-22-35(23-27-48)45-31(3)36-18-10-11-19-37(36)40-32(4)46-47-33(40)5;2*1-2;/h8-13,16-21,35,44-45H,3,6,14-15,22-28H2,1-2,4-5,7H3,(H-,46,47,49);2*1-2H3;/q-1;;;+1. The number of nitrogens with zero attached hydrogens (tertiary/aromatic N) is 3. The molecule has 4 aromatic rings. The molecule has 2 N–H and O–H groups in total. The van der Waals surface area contributed by atoms with Gasteiger partial charge in [0.2, 0.25) is 0 Å². The minimum Gasteiger partial charge on any atom is -0.578 e. The summed E-state index contributed by atoms with van der Waals surface area (Å²) in [6.45, 7) is 30.1. The molecule has 0 bridgehead atoms. The van der Waals surface area contributed by atoms with Crippen molar-refractivity contribution in [2.45, 2.75) is 111 Å². The first-order chi connectivity index (χ1) is 25.4. The van der Waals surface area contributed by atoms with E-state index in [1.54, 1.807) is 0 Å². The predicted molar refractivity (Wildman–Crippen MR) is 229 cm³/mol. The zero-order valence-corrected chi connectivity index (χ0v) is 37.8. The van der Waals surface area contributed by atoms with E-state index in [0.717, 1.165) is 91.2 Å². The van der Waals surface area contributed by atoms with Crippen molar-refractivity contribution in [1.29, 1.82) is 0 Å². The summed E-state index contributed by atoms with van der Waals surface area (Å²) in [6, 6.07) is 25.9. The minimum atomic E-state index is -1.65. The second kappa shape index (κ2) is 22.7. The van der Waals surface area contributed by atoms with Gasteiger partial charge in [-0.1, -0.05) is 127 Å². The van der Waals surface area contributed by atoms with Crippen molar-refractivity contribution in [3.63, 3.8) is 0 Å². The fraction of sp³-hybridized carbons (Fsp3) is 0.457. The smallest absolute Gasteiger partial charge is 0.578 e. The van der Waals surface area contributed by atoms with Crippen LogP contribution in [0.15, 0.2) is 91.7 Å². The van der Waals surface area contributed by atoms with Crippen molar-refractivity contribution in [1.82, 2.24) is 25.7 Å². The van der Waals surface area contributed by atoms with E-state index < -0.39 is 10.4 Å². The van der Waals surface area contributed by atoms with E-state index >= 15 is 0 Å². The number of halogens is 1. The number of likely N-dealkylation sites (tertiary alicyclic amines) is 1. The summed E-state index contributed by atoms with van der Waals surface area (Å²) in [6.07, 6.45) is 5.09. The van der Waals surface area contributed by atoms with Crippen LogP contribution in [0.2, 0.25) is 0 Å². The Morgan fingerprint density at radius 1 is 0.870 bits per heavy atom. The molecule has 1 aromatic heterocycles. The van der Waals surface area contributed by atoms with Gasteiger partial charge in [-0.25, -0.2) is 4.39 Å². The monoisotopic (exact) mass is 761 g/mol. The van der Waals surface area contributed by atoms with Gasteiger partial charge in [-0.15, -0.1) is 18.3 Å². The van der Waals surface area contributed by atoms with Crippen LogP contribution < -0.4 is 45.3 Å². The number of hydrogen-bond donors (Lipinski definition) is 3. The fourth-order valence-corrected chi connectivity index (χ4v) is 7.71. The molecule has 1 atom stereocenters.